The number of imidazole rings is 1. The molecule has 1 aromatic carbocycles. The average molecular weight is 367 g/mol. The lowest BCUT2D eigenvalue weighted by molar-refractivity contribution is 0.122. The van der Waals surface area contributed by atoms with Crippen molar-refractivity contribution in [3.63, 3.8) is 0 Å². The van der Waals surface area contributed by atoms with Gasteiger partial charge in [-0.05, 0) is 24.6 Å². The molecular formula is C18H21N7O2. The molecule has 0 radical (unpaired) electrons. The van der Waals surface area contributed by atoms with Crippen LogP contribution >= 0.6 is 0 Å². The van der Waals surface area contributed by atoms with Crippen molar-refractivity contribution < 1.29 is 9.53 Å². The molecule has 0 atom stereocenters. The van der Waals surface area contributed by atoms with E-state index in [1.807, 2.05) is 37.5 Å². The minimum atomic E-state index is -0.288. The number of carbonyl (C=O) groups excluding carboxylic acids is 1. The number of H-pyrrole nitrogens is 1. The summed E-state index contributed by atoms with van der Waals surface area (Å²) in [5.41, 5.74) is 3.48. The van der Waals surface area contributed by atoms with Crippen LogP contribution in [0.25, 0.3) is 22.2 Å². The normalized spacial score (nSPS) is 14.3. The van der Waals surface area contributed by atoms with Crippen LogP contribution in [0.3, 0.4) is 0 Å². The number of nitrogens with zero attached hydrogens (tertiary/aromatic N) is 4. The molecule has 2 aromatic heterocycles. The lowest BCUT2D eigenvalue weighted by atomic mass is 10.1. The number of nitrogens with one attached hydrogen (secondary N) is 3. The number of aromatic amines is 1. The zero-order valence-corrected chi connectivity index (χ0v) is 15.0. The SMILES string of the molecule is CCNC(=O)Nc1nc2cc(-c3cnc(N4CCOCC4)nc3)ccc2[nH]1. The molecule has 1 aliphatic rings. The second-order valence-corrected chi connectivity index (χ2v) is 6.17. The van der Waals surface area contributed by atoms with Crippen LogP contribution in [0.2, 0.25) is 0 Å². The van der Waals surface area contributed by atoms with Crippen molar-refractivity contribution in [1.29, 1.82) is 0 Å². The van der Waals surface area contributed by atoms with Gasteiger partial charge in [0.15, 0.2) is 0 Å². The third kappa shape index (κ3) is 3.82. The number of anilines is 2. The fraction of sp³-hybridized carbons (Fsp3) is 0.333. The Labute approximate surface area is 156 Å². The minimum absolute atomic E-state index is 0.288. The van der Waals surface area contributed by atoms with Crippen molar-refractivity contribution in [1.82, 2.24) is 25.3 Å². The first-order valence-corrected chi connectivity index (χ1v) is 8.92. The van der Waals surface area contributed by atoms with Crippen molar-refractivity contribution in [2.24, 2.45) is 0 Å². The Hall–Kier alpha value is -3.20. The summed E-state index contributed by atoms with van der Waals surface area (Å²) >= 11 is 0. The van der Waals surface area contributed by atoms with Crippen molar-refractivity contribution in [2.75, 3.05) is 43.1 Å². The Morgan fingerprint density at radius 1 is 1.22 bits per heavy atom. The van der Waals surface area contributed by atoms with Gasteiger partial charge in [-0.15, -0.1) is 0 Å². The summed E-state index contributed by atoms with van der Waals surface area (Å²) in [6.45, 7) is 5.43. The minimum Gasteiger partial charge on any atom is -0.378 e. The van der Waals surface area contributed by atoms with Crippen LogP contribution in [-0.4, -0.2) is 58.8 Å². The summed E-state index contributed by atoms with van der Waals surface area (Å²) in [5.74, 6) is 1.13. The van der Waals surface area contributed by atoms with Crippen LogP contribution < -0.4 is 15.5 Å². The number of morpholine rings is 1. The first kappa shape index (κ1) is 17.2. The van der Waals surface area contributed by atoms with E-state index >= 15 is 0 Å². The van der Waals surface area contributed by atoms with Gasteiger partial charge in [-0.2, -0.15) is 0 Å². The van der Waals surface area contributed by atoms with E-state index in [1.165, 1.54) is 0 Å². The highest BCUT2D eigenvalue weighted by Crippen LogP contribution is 2.24. The number of ether oxygens (including phenoxy) is 1. The van der Waals surface area contributed by atoms with Gasteiger partial charge >= 0.3 is 6.03 Å². The van der Waals surface area contributed by atoms with E-state index in [0.717, 1.165) is 41.2 Å². The highest BCUT2D eigenvalue weighted by Gasteiger charge is 2.14. The van der Waals surface area contributed by atoms with Crippen LogP contribution in [0.1, 0.15) is 6.92 Å². The van der Waals surface area contributed by atoms with E-state index in [1.54, 1.807) is 0 Å². The standard InChI is InChI=1S/C18H21N7O2/c1-2-19-18(26)24-16-22-14-4-3-12(9-15(14)23-16)13-10-20-17(21-11-13)25-5-7-27-8-6-25/h3-4,9-11H,2,5-8H2,1H3,(H3,19,22,23,24,26). The molecule has 4 rings (SSSR count). The molecule has 0 unspecified atom stereocenters. The quantitative estimate of drug-likeness (QED) is 0.651. The largest absolute Gasteiger partial charge is 0.378 e. The third-order valence-corrected chi connectivity index (χ3v) is 4.32. The van der Waals surface area contributed by atoms with Crippen LogP contribution in [0, 0.1) is 0 Å². The number of amides is 2. The topological polar surface area (TPSA) is 108 Å². The van der Waals surface area contributed by atoms with E-state index in [-0.39, 0.29) is 6.03 Å². The van der Waals surface area contributed by atoms with E-state index in [4.69, 9.17) is 4.74 Å². The first-order valence-electron chi connectivity index (χ1n) is 8.92. The second-order valence-electron chi connectivity index (χ2n) is 6.17. The van der Waals surface area contributed by atoms with E-state index in [9.17, 15) is 4.79 Å². The molecule has 3 aromatic rings. The van der Waals surface area contributed by atoms with Crippen molar-refractivity contribution in [3.8, 4) is 11.1 Å². The van der Waals surface area contributed by atoms with Gasteiger partial charge in [0, 0.05) is 37.6 Å². The van der Waals surface area contributed by atoms with Gasteiger partial charge < -0.3 is 19.9 Å². The molecule has 27 heavy (non-hydrogen) atoms. The van der Waals surface area contributed by atoms with E-state index in [2.05, 4.69) is 35.5 Å². The molecule has 0 saturated carbocycles. The smallest absolute Gasteiger partial charge is 0.321 e. The molecule has 0 spiro atoms. The number of hydrogen-bond donors (Lipinski definition) is 3. The van der Waals surface area contributed by atoms with Crippen LogP contribution in [0.15, 0.2) is 30.6 Å². The molecule has 140 valence electrons. The molecule has 0 bridgehead atoms. The Morgan fingerprint density at radius 2 is 2.00 bits per heavy atom. The van der Waals surface area contributed by atoms with Gasteiger partial charge in [-0.1, -0.05) is 6.07 Å². The maximum atomic E-state index is 11.6. The van der Waals surface area contributed by atoms with E-state index in [0.29, 0.717) is 25.7 Å². The van der Waals surface area contributed by atoms with Crippen LogP contribution in [-0.2, 0) is 4.74 Å². The average Bonchev–Trinajstić information content (AvgIpc) is 3.10. The number of rotatable bonds is 4. The zero-order chi connectivity index (χ0) is 18.6. The highest BCUT2D eigenvalue weighted by atomic mass is 16.5. The zero-order valence-electron chi connectivity index (χ0n) is 15.0. The number of benzene rings is 1. The Morgan fingerprint density at radius 3 is 2.74 bits per heavy atom. The number of fused-ring (bicyclic) bond motifs is 1. The van der Waals surface area contributed by atoms with Gasteiger partial charge in [0.05, 0.1) is 24.2 Å². The Balaban J connectivity index is 1.53. The molecule has 1 aliphatic heterocycles. The van der Waals surface area contributed by atoms with Crippen molar-refractivity contribution >= 4 is 29.0 Å². The van der Waals surface area contributed by atoms with Gasteiger partial charge in [-0.3, -0.25) is 5.32 Å². The molecular weight excluding hydrogens is 346 g/mol. The monoisotopic (exact) mass is 367 g/mol. The fourth-order valence-electron chi connectivity index (χ4n) is 2.95. The van der Waals surface area contributed by atoms with Gasteiger partial charge in [0.1, 0.15) is 0 Å². The lowest BCUT2D eigenvalue weighted by Crippen LogP contribution is -2.37. The summed E-state index contributed by atoms with van der Waals surface area (Å²) in [7, 11) is 0. The number of carbonyl (C=O) groups is 1. The van der Waals surface area contributed by atoms with Gasteiger partial charge in [-0.25, -0.2) is 19.7 Å². The highest BCUT2D eigenvalue weighted by molar-refractivity contribution is 5.90. The summed E-state index contributed by atoms with van der Waals surface area (Å²) < 4.78 is 5.36. The van der Waals surface area contributed by atoms with Crippen LogP contribution in [0.5, 0.6) is 0 Å². The summed E-state index contributed by atoms with van der Waals surface area (Å²) in [6.07, 6.45) is 3.64. The first-order chi connectivity index (χ1) is 13.2. The predicted molar refractivity (Wildman–Crippen MR) is 103 cm³/mol. The molecule has 1 saturated heterocycles. The molecule has 3 N–H and O–H groups in total. The summed E-state index contributed by atoms with van der Waals surface area (Å²) in [6, 6.07) is 5.56. The fourth-order valence-corrected chi connectivity index (χ4v) is 2.95. The predicted octanol–water partition coefficient (Wildman–Crippen LogP) is 2.00. The Bertz CT molecular complexity index is 933. The maximum Gasteiger partial charge on any atom is 0.321 e. The molecule has 0 aliphatic carbocycles. The lowest BCUT2D eigenvalue weighted by Gasteiger charge is -2.26. The van der Waals surface area contributed by atoms with Gasteiger partial charge in [0.2, 0.25) is 11.9 Å². The number of hydrogen-bond acceptors (Lipinski definition) is 6. The summed E-state index contributed by atoms with van der Waals surface area (Å²) in [5, 5.41) is 5.35. The molecule has 1 fully saturated rings. The molecule has 3 heterocycles. The van der Waals surface area contributed by atoms with Crippen molar-refractivity contribution in [2.45, 2.75) is 6.92 Å². The molecule has 9 heteroatoms. The summed E-state index contributed by atoms with van der Waals surface area (Å²) in [4.78, 5) is 30.2. The number of aromatic nitrogens is 4. The second kappa shape index (κ2) is 7.58. The van der Waals surface area contributed by atoms with Crippen molar-refractivity contribution in [3.05, 3.63) is 30.6 Å². The van der Waals surface area contributed by atoms with Crippen LogP contribution in [0.4, 0.5) is 16.7 Å². The van der Waals surface area contributed by atoms with Gasteiger partial charge in [0.25, 0.3) is 0 Å². The third-order valence-electron chi connectivity index (χ3n) is 4.32. The maximum absolute atomic E-state index is 11.6. The molecule has 9 nitrogen and oxygen atoms in total. The van der Waals surface area contributed by atoms with E-state index < -0.39 is 0 Å². The Kier molecular flexibility index (Phi) is 4.84. The number of urea groups is 1. The molecule has 2 amide bonds.